The molecule has 3 nitrogen and oxygen atoms in total. The summed E-state index contributed by atoms with van der Waals surface area (Å²) in [5.41, 5.74) is 6.48. The largest absolute Gasteiger partial charge is 0.481 e. The summed E-state index contributed by atoms with van der Waals surface area (Å²) in [6.45, 7) is 4.27. The van der Waals surface area contributed by atoms with Crippen molar-refractivity contribution in [3.05, 3.63) is 28.3 Å². The highest BCUT2D eigenvalue weighted by Crippen LogP contribution is 2.41. The highest BCUT2D eigenvalue weighted by Gasteiger charge is 2.27. The maximum atomic E-state index is 10.9. The van der Waals surface area contributed by atoms with E-state index < -0.39 is 5.97 Å². The normalized spacial score (nSPS) is 17.7. The van der Waals surface area contributed by atoms with Crippen LogP contribution >= 0.6 is 0 Å². The number of aliphatic carboxylic acids is 1. The third-order valence-corrected chi connectivity index (χ3v) is 3.95. The molecule has 0 aliphatic heterocycles. The van der Waals surface area contributed by atoms with Crippen LogP contribution < -0.4 is 4.90 Å². The van der Waals surface area contributed by atoms with Gasteiger partial charge >= 0.3 is 5.97 Å². The minimum atomic E-state index is -0.695. The van der Waals surface area contributed by atoms with Gasteiger partial charge in [0.15, 0.2) is 0 Å². The molecule has 0 saturated heterocycles. The fourth-order valence-electron chi connectivity index (χ4n) is 3.32. The molecule has 1 aromatic rings. The predicted octanol–water partition coefficient (Wildman–Crippen LogP) is 2.87. The first-order valence-corrected chi connectivity index (χ1v) is 6.44. The Bertz CT molecular complexity index is 492. The molecule has 0 heterocycles. The van der Waals surface area contributed by atoms with Crippen molar-refractivity contribution < 1.29 is 9.90 Å². The Balaban J connectivity index is 2.47. The van der Waals surface area contributed by atoms with Crippen LogP contribution in [0, 0.1) is 13.8 Å². The van der Waals surface area contributed by atoms with Crippen molar-refractivity contribution in [3.8, 4) is 0 Å². The number of carboxylic acid groups (broad SMARTS) is 1. The second-order valence-electron chi connectivity index (χ2n) is 5.46. The van der Waals surface area contributed by atoms with Gasteiger partial charge in [-0.3, -0.25) is 4.79 Å². The van der Waals surface area contributed by atoms with Crippen molar-refractivity contribution in [2.45, 2.75) is 39.0 Å². The Morgan fingerprint density at radius 3 is 2.67 bits per heavy atom. The molecule has 0 aromatic heterocycles. The zero-order valence-electron chi connectivity index (χ0n) is 11.6. The first kappa shape index (κ1) is 12.9. The van der Waals surface area contributed by atoms with Gasteiger partial charge in [-0.2, -0.15) is 0 Å². The number of rotatable bonds is 3. The molecule has 0 radical (unpaired) electrons. The summed E-state index contributed by atoms with van der Waals surface area (Å²) in [5, 5.41) is 8.97. The van der Waals surface area contributed by atoms with Gasteiger partial charge in [0.25, 0.3) is 0 Å². The molecule has 98 valence electrons. The molecule has 0 spiro atoms. The molecule has 18 heavy (non-hydrogen) atoms. The minimum absolute atomic E-state index is 0.200. The van der Waals surface area contributed by atoms with Crippen LogP contribution in [0.25, 0.3) is 0 Å². The fraction of sp³-hybridized carbons (Fsp3) is 0.533. The Morgan fingerprint density at radius 1 is 1.44 bits per heavy atom. The highest BCUT2D eigenvalue weighted by atomic mass is 16.4. The first-order valence-electron chi connectivity index (χ1n) is 6.44. The van der Waals surface area contributed by atoms with Gasteiger partial charge in [-0.1, -0.05) is 6.07 Å². The van der Waals surface area contributed by atoms with E-state index in [-0.39, 0.29) is 12.3 Å². The molecule has 0 unspecified atom stereocenters. The summed E-state index contributed by atoms with van der Waals surface area (Å²) in [5.74, 6) is -0.494. The Labute approximate surface area is 108 Å². The van der Waals surface area contributed by atoms with E-state index in [1.54, 1.807) is 0 Å². The lowest BCUT2D eigenvalue weighted by molar-refractivity contribution is -0.137. The maximum Gasteiger partial charge on any atom is 0.303 e. The van der Waals surface area contributed by atoms with Crippen molar-refractivity contribution in [1.29, 1.82) is 0 Å². The van der Waals surface area contributed by atoms with E-state index in [9.17, 15) is 4.79 Å². The van der Waals surface area contributed by atoms with Crippen LogP contribution in [0.4, 0.5) is 5.69 Å². The molecule has 0 amide bonds. The second kappa shape index (κ2) is 4.63. The maximum absolute atomic E-state index is 10.9. The van der Waals surface area contributed by atoms with Gasteiger partial charge in [-0.05, 0) is 54.9 Å². The molecule has 1 aliphatic carbocycles. The Kier molecular flexibility index (Phi) is 3.33. The summed E-state index contributed by atoms with van der Waals surface area (Å²) in [4.78, 5) is 13.1. The van der Waals surface area contributed by atoms with Crippen LogP contribution in [0.1, 0.15) is 41.0 Å². The van der Waals surface area contributed by atoms with Crippen LogP contribution in [-0.4, -0.2) is 25.2 Å². The molecule has 1 aliphatic rings. The number of nitrogens with zero attached hydrogens (tertiary/aromatic N) is 1. The van der Waals surface area contributed by atoms with E-state index in [0.29, 0.717) is 0 Å². The number of aryl methyl sites for hydroxylation is 1. The fourth-order valence-corrected chi connectivity index (χ4v) is 3.32. The van der Waals surface area contributed by atoms with Gasteiger partial charge in [0.2, 0.25) is 0 Å². The van der Waals surface area contributed by atoms with Crippen molar-refractivity contribution in [3.63, 3.8) is 0 Å². The van der Waals surface area contributed by atoms with Gasteiger partial charge in [0, 0.05) is 19.8 Å². The average molecular weight is 247 g/mol. The van der Waals surface area contributed by atoms with Crippen LogP contribution in [0.15, 0.2) is 6.07 Å². The number of hydrogen-bond acceptors (Lipinski definition) is 2. The van der Waals surface area contributed by atoms with Crippen molar-refractivity contribution in [2.75, 3.05) is 19.0 Å². The van der Waals surface area contributed by atoms with E-state index in [1.807, 2.05) is 0 Å². The summed E-state index contributed by atoms with van der Waals surface area (Å²) < 4.78 is 0. The Hall–Kier alpha value is -1.51. The zero-order valence-corrected chi connectivity index (χ0v) is 11.6. The molecule has 0 bridgehead atoms. The van der Waals surface area contributed by atoms with E-state index in [4.69, 9.17) is 5.11 Å². The van der Waals surface area contributed by atoms with Gasteiger partial charge in [0.1, 0.15) is 0 Å². The van der Waals surface area contributed by atoms with E-state index in [1.165, 1.54) is 27.9 Å². The van der Waals surface area contributed by atoms with Crippen LogP contribution in [-0.2, 0) is 11.2 Å². The lowest BCUT2D eigenvalue weighted by atomic mass is 9.93. The summed E-state index contributed by atoms with van der Waals surface area (Å²) in [7, 11) is 4.12. The van der Waals surface area contributed by atoms with Gasteiger partial charge in [-0.25, -0.2) is 0 Å². The standard InChI is InChI=1S/C15H21NO2/c1-9-7-13-11(8-14(17)18)5-6-12(13)10(2)15(9)16(3)4/h7,11H,5-6,8H2,1-4H3,(H,17,18)/t11-/m0/s1. The lowest BCUT2D eigenvalue weighted by Crippen LogP contribution is -2.13. The number of carbonyl (C=O) groups is 1. The molecule has 1 aromatic carbocycles. The Morgan fingerprint density at radius 2 is 2.11 bits per heavy atom. The monoisotopic (exact) mass is 247 g/mol. The molecule has 1 atom stereocenters. The summed E-state index contributed by atoms with van der Waals surface area (Å²) in [6, 6.07) is 2.19. The number of hydrogen-bond donors (Lipinski definition) is 1. The molecule has 2 rings (SSSR count). The molecular formula is C15H21NO2. The van der Waals surface area contributed by atoms with Crippen molar-refractivity contribution in [1.82, 2.24) is 0 Å². The quantitative estimate of drug-likeness (QED) is 0.893. The third kappa shape index (κ3) is 2.09. The van der Waals surface area contributed by atoms with Crippen molar-refractivity contribution >= 4 is 11.7 Å². The van der Waals surface area contributed by atoms with Crippen LogP contribution in [0.3, 0.4) is 0 Å². The van der Waals surface area contributed by atoms with Crippen molar-refractivity contribution in [2.24, 2.45) is 0 Å². The number of carboxylic acids is 1. The molecule has 0 saturated carbocycles. The SMILES string of the molecule is Cc1cc2c(c(C)c1N(C)C)CC[C@H]2CC(=O)O. The number of benzene rings is 1. The van der Waals surface area contributed by atoms with Crippen LogP contribution in [0.5, 0.6) is 0 Å². The zero-order chi connectivity index (χ0) is 13.4. The number of fused-ring (bicyclic) bond motifs is 1. The summed E-state index contributed by atoms with van der Waals surface area (Å²) >= 11 is 0. The second-order valence-corrected chi connectivity index (χ2v) is 5.46. The number of anilines is 1. The average Bonchev–Trinajstić information content (AvgIpc) is 2.60. The highest BCUT2D eigenvalue weighted by molar-refractivity contribution is 5.70. The molecule has 3 heteroatoms. The van der Waals surface area contributed by atoms with Gasteiger partial charge in [0.05, 0.1) is 6.42 Å². The third-order valence-electron chi connectivity index (χ3n) is 3.95. The van der Waals surface area contributed by atoms with E-state index in [0.717, 1.165) is 12.8 Å². The van der Waals surface area contributed by atoms with Gasteiger partial charge < -0.3 is 10.0 Å². The minimum Gasteiger partial charge on any atom is -0.481 e. The molecular weight excluding hydrogens is 226 g/mol. The predicted molar refractivity (Wildman–Crippen MR) is 73.6 cm³/mol. The van der Waals surface area contributed by atoms with E-state index >= 15 is 0 Å². The summed E-state index contributed by atoms with van der Waals surface area (Å²) in [6.07, 6.45) is 2.24. The first-order chi connectivity index (χ1) is 8.41. The van der Waals surface area contributed by atoms with Crippen LogP contribution in [0.2, 0.25) is 0 Å². The van der Waals surface area contributed by atoms with E-state index in [2.05, 4.69) is 38.9 Å². The smallest absolute Gasteiger partial charge is 0.303 e. The van der Waals surface area contributed by atoms with Gasteiger partial charge in [-0.15, -0.1) is 0 Å². The lowest BCUT2D eigenvalue weighted by Gasteiger charge is -2.22. The topological polar surface area (TPSA) is 40.5 Å². The molecule has 1 N–H and O–H groups in total. The molecule has 0 fully saturated rings.